The number of morpholine rings is 1. The highest BCUT2D eigenvalue weighted by molar-refractivity contribution is 5.52. The number of rotatable bonds is 3. The first kappa shape index (κ1) is 11.5. The highest BCUT2D eigenvalue weighted by Crippen LogP contribution is 2.49. The van der Waals surface area contributed by atoms with Crippen LogP contribution in [0.15, 0.2) is 29.3 Å². The van der Waals surface area contributed by atoms with Gasteiger partial charge >= 0.3 is 0 Å². The van der Waals surface area contributed by atoms with Crippen molar-refractivity contribution in [3.63, 3.8) is 0 Å². The standard InChI is InChI=1S/C14H16N2O2/c17-11-15-14(4-5-14)12-2-1-3-13(10-12)16-6-8-18-9-7-16/h1-3,10H,4-9H2. The number of nitrogens with zero attached hydrogens (tertiary/aromatic N) is 2. The van der Waals surface area contributed by atoms with Gasteiger partial charge in [-0.3, -0.25) is 0 Å². The first-order chi connectivity index (χ1) is 8.84. The first-order valence-electron chi connectivity index (χ1n) is 6.36. The van der Waals surface area contributed by atoms with Crippen LogP contribution < -0.4 is 4.90 Å². The van der Waals surface area contributed by atoms with Crippen LogP contribution in [-0.2, 0) is 15.1 Å². The summed E-state index contributed by atoms with van der Waals surface area (Å²) in [6.45, 7) is 3.41. The number of anilines is 1. The maximum Gasteiger partial charge on any atom is 0.235 e. The lowest BCUT2D eigenvalue weighted by Gasteiger charge is -2.29. The van der Waals surface area contributed by atoms with Gasteiger partial charge in [-0.2, -0.15) is 4.99 Å². The number of hydrogen-bond donors (Lipinski definition) is 0. The third-order valence-electron chi connectivity index (χ3n) is 3.74. The van der Waals surface area contributed by atoms with Gasteiger partial charge in [0.05, 0.1) is 18.8 Å². The normalized spacial score (nSPS) is 21.2. The van der Waals surface area contributed by atoms with Gasteiger partial charge in [0.1, 0.15) is 0 Å². The van der Waals surface area contributed by atoms with Gasteiger partial charge < -0.3 is 9.64 Å². The van der Waals surface area contributed by atoms with Crippen LogP contribution in [0.5, 0.6) is 0 Å². The van der Waals surface area contributed by atoms with E-state index in [1.807, 2.05) is 6.07 Å². The molecule has 0 aromatic heterocycles. The quantitative estimate of drug-likeness (QED) is 0.602. The summed E-state index contributed by atoms with van der Waals surface area (Å²) in [7, 11) is 0. The molecule has 1 saturated carbocycles. The third kappa shape index (κ3) is 2.05. The van der Waals surface area contributed by atoms with E-state index in [0.29, 0.717) is 0 Å². The van der Waals surface area contributed by atoms with Gasteiger partial charge in [-0.1, -0.05) is 12.1 Å². The van der Waals surface area contributed by atoms with E-state index in [-0.39, 0.29) is 5.54 Å². The summed E-state index contributed by atoms with van der Waals surface area (Å²) in [4.78, 5) is 16.8. The molecule has 1 aromatic rings. The Morgan fingerprint density at radius 1 is 1.28 bits per heavy atom. The second-order valence-corrected chi connectivity index (χ2v) is 4.88. The molecule has 0 N–H and O–H groups in total. The van der Waals surface area contributed by atoms with Crippen LogP contribution >= 0.6 is 0 Å². The Hall–Kier alpha value is -1.64. The largest absolute Gasteiger partial charge is 0.378 e. The molecule has 0 spiro atoms. The Morgan fingerprint density at radius 2 is 2.06 bits per heavy atom. The van der Waals surface area contributed by atoms with Crippen molar-refractivity contribution in [2.75, 3.05) is 31.2 Å². The Bertz CT molecular complexity index is 484. The molecule has 0 atom stereocenters. The monoisotopic (exact) mass is 244 g/mol. The summed E-state index contributed by atoms with van der Waals surface area (Å²) < 4.78 is 5.36. The minimum atomic E-state index is -0.274. The molecule has 0 bridgehead atoms. The zero-order valence-electron chi connectivity index (χ0n) is 10.3. The summed E-state index contributed by atoms with van der Waals surface area (Å²) in [5, 5.41) is 0. The van der Waals surface area contributed by atoms with Gasteiger partial charge in [-0.05, 0) is 30.5 Å². The molecule has 0 radical (unpaired) electrons. The zero-order chi connectivity index (χ0) is 12.4. The van der Waals surface area contributed by atoms with E-state index < -0.39 is 0 Å². The number of benzene rings is 1. The van der Waals surface area contributed by atoms with Gasteiger partial charge in [-0.15, -0.1) is 0 Å². The lowest BCUT2D eigenvalue weighted by atomic mass is 10.0. The molecular formula is C14H16N2O2. The molecule has 2 aliphatic rings. The van der Waals surface area contributed by atoms with E-state index >= 15 is 0 Å². The van der Waals surface area contributed by atoms with E-state index in [1.165, 1.54) is 5.69 Å². The van der Waals surface area contributed by atoms with E-state index in [2.05, 4.69) is 28.1 Å². The summed E-state index contributed by atoms with van der Waals surface area (Å²) >= 11 is 0. The van der Waals surface area contributed by atoms with E-state index in [4.69, 9.17) is 4.74 Å². The van der Waals surface area contributed by atoms with Crippen molar-refractivity contribution in [2.45, 2.75) is 18.4 Å². The van der Waals surface area contributed by atoms with Gasteiger partial charge in [0.2, 0.25) is 6.08 Å². The smallest absolute Gasteiger partial charge is 0.235 e. The molecule has 1 aliphatic carbocycles. The number of ether oxygens (including phenoxy) is 1. The van der Waals surface area contributed by atoms with Crippen LogP contribution in [-0.4, -0.2) is 32.4 Å². The second-order valence-electron chi connectivity index (χ2n) is 4.88. The summed E-state index contributed by atoms with van der Waals surface area (Å²) in [5.74, 6) is 0. The lowest BCUT2D eigenvalue weighted by molar-refractivity contribution is 0.122. The summed E-state index contributed by atoms with van der Waals surface area (Å²) in [6, 6.07) is 8.35. The van der Waals surface area contributed by atoms with Crippen LogP contribution in [0.1, 0.15) is 18.4 Å². The second kappa shape index (κ2) is 4.56. The van der Waals surface area contributed by atoms with Crippen molar-refractivity contribution in [3.8, 4) is 0 Å². The molecule has 4 heteroatoms. The van der Waals surface area contributed by atoms with Gasteiger partial charge in [-0.25, -0.2) is 4.79 Å². The molecule has 1 aliphatic heterocycles. The molecular weight excluding hydrogens is 228 g/mol. The van der Waals surface area contributed by atoms with Gasteiger partial charge in [0, 0.05) is 18.8 Å². The van der Waals surface area contributed by atoms with Crippen LogP contribution in [0.2, 0.25) is 0 Å². The fourth-order valence-corrected chi connectivity index (χ4v) is 2.48. The van der Waals surface area contributed by atoms with Crippen LogP contribution in [0.3, 0.4) is 0 Å². The van der Waals surface area contributed by atoms with Gasteiger partial charge in [0.15, 0.2) is 0 Å². The highest BCUT2D eigenvalue weighted by atomic mass is 16.5. The molecule has 4 nitrogen and oxygen atoms in total. The fourth-order valence-electron chi connectivity index (χ4n) is 2.48. The Balaban J connectivity index is 1.87. The molecule has 0 amide bonds. The van der Waals surface area contributed by atoms with E-state index in [0.717, 1.165) is 44.7 Å². The Kier molecular flexibility index (Phi) is 2.90. The molecule has 94 valence electrons. The molecule has 3 rings (SSSR count). The van der Waals surface area contributed by atoms with Crippen LogP contribution in [0.4, 0.5) is 5.69 Å². The summed E-state index contributed by atoms with van der Waals surface area (Å²) in [6.07, 6.45) is 3.62. The number of aliphatic imine (C=N–C) groups is 1. The molecule has 0 unspecified atom stereocenters. The highest BCUT2D eigenvalue weighted by Gasteiger charge is 2.44. The Morgan fingerprint density at radius 3 is 2.72 bits per heavy atom. The average molecular weight is 244 g/mol. The molecule has 1 saturated heterocycles. The molecule has 18 heavy (non-hydrogen) atoms. The number of carbonyl (C=O) groups excluding carboxylic acids is 1. The predicted octanol–water partition coefficient (Wildman–Crippen LogP) is 1.85. The van der Waals surface area contributed by atoms with Crippen LogP contribution in [0, 0.1) is 0 Å². The number of isocyanates is 1. The molecule has 1 aromatic carbocycles. The van der Waals surface area contributed by atoms with Crippen LogP contribution in [0.25, 0.3) is 0 Å². The van der Waals surface area contributed by atoms with Crippen molar-refractivity contribution in [2.24, 2.45) is 4.99 Å². The molecule has 2 fully saturated rings. The SMILES string of the molecule is O=C=NC1(c2cccc(N3CCOCC3)c2)CC1. The lowest BCUT2D eigenvalue weighted by Crippen LogP contribution is -2.36. The average Bonchev–Trinajstić information content (AvgIpc) is 3.21. The van der Waals surface area contributed by atoms with Crippen molar-refractivity contribution in [1.29, 1.82) is 0 Å². The fraction of sp³-hybridized carbons (Fsp3) is 0.500. The Labute approximate surface area is 106 Å². The molecule has 1 heterocycles. The number of hydrogen-bond acceptors (Lipinski definition) is 4. The maximum atomic E-state index is 10.5. The predicted molar refractivity (Wildman–Crippen MR) is 68.5 cm³/mol. The first-order valence-corrected chi connectivity index (χ1v) is 6.36. The van der Waals surface area contributed by atoms with Gasteiger partial charge in [0.25, 0.3) is 0 Å². The minimum Gasteiger partial charge on any atom is -0.378 e. The van der Waals surface area contributed by atoms with Crippen molar-refractivity contribution >= 4 is 11.8 Å². The topological polar surface area (TPSA) is 41.9 Å². The van der Waals surface area contributed by atoms with Crippen molar-refractivity contribution in [1.82, 2.24) is 0 Å². The van der Waals surface area contributed by atoms with Crippen molar-refractivity contribution in [3.05, 3.63) is 29.8 Å². The van der Waals surface area contributed by atoms with Crippen molar-refractivity contribution < 1.29 is 9.53 Å². The van der Waals surface area contributed by atoms with E-state index in [1.54, 1.807) is 6.08 Å². The maximum absolute atomic E-state index is 10.5. The van der Waals surface area contributed by atoms with E-state index in [9.17, 15) is 4.79 Å². The zero-order valence-corrected chi connectivity index (χ0v) is 10.3. The minimum absolute atomic E-state index is 0.274. The third-order valence-corrected chi connectivity index (χ3v) is 3.74. The summed E-state index contributed by atoms with van der Waals surface area (Å²) in [5.41, 5.74) is 2.06.